The van der Waals surface area contributed by atoms with Crippen LogP contribution in [0.4, 0.5) is 5.69 Å². The molecule has 1 amide bonds. The smallest absolute Gasteiger partial charge is 0.248 e. The standard InChI is InChI=1S/C12H12N4O/c1-2-3-12(17)15-10-4-6-11(7-5-10)16-9-13-8-14-16/h2-9H,1H3,(H,15,17). The molecule has 5 nitrogen and oxygen atoms in total. The van der Waals surface area contributed by atoms with E-state index in [1.807, 2.05) is 24.3 Å². The molecule has 0 saturated heterocycles. The second-order valence-electron chi connectivity index (χ2n) is 3.38. The average molecular weight is 228 g/mol. The minimum Gasteiger partial charge on any atom is -0.323 e. The largest absolute Gasteiger partial charge is 0.323 e. The van der Waals surface area contributed by atoms with Crippen molar-refractivity contribution in [2.24, 2.45) is 0 Å². The molecule has 5 heteroatoms. The fraction of sp³-hybridized carbons (Fsp3) is 0.0833. The summed E-state index contributed by atoms with van der Waals surface area (Å²) in [4.78, 5) is 15.2. The molecule has 0 atom stereocenters. The molecule has 0 aliphatic rings. The summed E-state index contributed by atoms with van der Waals surface area (Å²) >= 11 is 0. The lowest BCUT2D eigenvalue weighted by atomic mass is 10.3. The highest BCUT2D eigenvalue weighted by atomic mass is 16.1. The Balaban J connectivity index is 2.11. The maximum absolute atomic E-state index is 11.3. The van der Waals surface area contributed by atoms with Crippen LogP contribution in [0.3, 0.4) is 0 Å². The summed E-state index contributed by atoms with van der Waals surface area (Å²) in [6.07, 6.45) is 6.26. The number of rotatable bonds is 3. The van der Waals surface area contributed by atoms with Crippen LogP contribution in [0.5, 0.6) is 0 Å². The fourth-order valence-electron chi connectivity index (χ4n) is 1.37. The molecule has 0 bridgehead atoms. The van der Waals surface area contributed by atoms with Crippen molar-refractivity contribution < 1.29 is 4.79 Å². The van der Waals surface area contributed by atoms with E-state index in [1.165, 1.54) is 12.4 Å². The second kappa shape index (κ2) is 5.07. The molecule has 1 aromatic heterocycles. The van der Waals surface area contributed by atoms with E-state index >= 15 is 0 Å². The Kier molecular flexibility index (Phi) is 3.30. The van der Waals surface area contributed by atoms with Crippen molar-refractivity contribution in [3.05, 3.63) is 49.1 Å². The van der Waals surface area contributed by atoms with Gasteiger partial charge in [-0.25, -0.2) is 9.67 Å². The number of amides is 1. The first kappa shape index (κ1) is 11.1. The molecule has 17 heavy (non-hydrogen) atoms. The summed E-state index contributed by atoms with van der Waals surface area (Å²) in [7, 11) is 0. The number of nitrogens with zero attached hydrogens (tertiary/aromatic N) is 3. The number of hydrogen-bond donors (Lipinski definition) is 1. The number of carbonyl (C=O) groups excluding carboxylic acids is 1. The molecular weight excluding hydrogens is 216 g/mol. The summed E-state index contributed by atoms with van der Waals surface area (Å²) in [6.45, 7) is 1.80. The van der Waals surface area contributed by atoms with Crippen LogP contribution in [0, 0.1) is 0 Å². The van der Waals surface area contributed by atoms with Crippen LogP contribution < -0.4 is 5.32 Å². The average Bonchev–Trinajstić information content (AvgIpc) is 2.84. The number of anilines is 1. The third kappa shape index (κ3) is 2.78. The van der Waals surface area contributed by atoms with Gasteiger partial charge in [0.1, 0.15) is 12.7 Å². The Hall–Kier alpha value is -2.43. The minimum atomic E-state index is -0.138. The molecule has 0 radical (unpaired) electrons. The van der Waals surface area contributed by atoms with Crippen LogP contribution in [0.25, 0.3) is 5.69 Å². The Morgan fingerprint density at radius 3 is 2.71 bits per heavy atom. The van der Waals surface area contributed by atoms with Crippen molar-refractivity contribution in [2.45, 2.75) is 6.92 Å². The molecule has 0 aliphatic heterocycles. The lowest BCUT2D eigenvalue weighted by Crippen LogP contribution is -2.07. The van der Waals surface area contributed by atoms with Crippen molar-refractivity contribution in [3.63, 3.8) is 0 Å². The minimum absolute atomic E-state index is 0.138. The van der Waals surface area contributed by atoms with Gasteiger partial charge in [-0.05, 0) is 37.3 Å². The van der Waals surface area contributed by atoms with Crippen LogP contribution in [0.15, 0.2) is 49.1 Å². The Bertz CT molecular complexity index is 514. The van der Waals surface area contributed by atoms with Crippen LogP contribution in [0.1, 0.15) is 6.92 Å². The predicted octanol–water partition coefficient (Wildman–Crippen LogP) is 1.78. The molecule has 0 spiro atoms. The van der Waals surface area contributed by atoms with Crippen molar-refractivity contribution in [1.82, 2.24) is 14.8 Å². The maximum Gasteiger partial charge on any atom is 0.248 e. The predicted molar refractivity (Wildman–Crippen MR) is 64.8 cm³/mol. The zero-order valence-electron chi connectivity index (χ0n) is 9.37. The molecule has 1 aromatic carbocycles. The Labute approximate surface area is 98.8 Å². The second-order valence-corrected chi connectivity index (χ2v) is 3.38. The summed E-state index contributed by atoms with van der Waals surface area (Å²) < 4.78 is 1.65. The number of allylic oxidation sites excluding steroid dienone is 1. The molecular formula is C12H12N4O. The van der Waals surface area contributed by atoms with Crippen LogP contribution in [-0.2, 0) is 4.79 Å². The van der Waals surface area contributed by atoms with Crippen molar-refractivity contribution in [2.75, 3.05) is 5.32 Å². The molecule has 0 unspecified atom stereocenters. The third-order valence-corrected chi connectivity index (χ3v) is 2.14. The van der Waals surface area contributed by atoms with Gasteiger partial charge >= 0.3 is 0 Å². The van der Waals surface area contributed by atoms with Crippen LogP contribution in [0.2, 0.25) is 0 Å². The molecule has 1 heterocycles. The van der Waals surface area contributed by atoms with E-state index in [0.717, 1.165) is 11.4 Å². The molecule has 0 fully saturated rings. The van der Waals surface area contributed by atoms with Crippen molar-refractivity contribution >= 4 is 11.6 Å². The SMILES string of the molecule is CC=CC(=O)Nc1ccc(-n2cncn2)cc1. The lowest BCUT2D eigenvalue weighted by Gasteiger charge is -2.04. The van der Waals surface area contributed by atoms with Gasteiger partial charge in [0.25, 0.3) is 0 Å². The number of nitrogens with one attached hydrogen (secondary N) is 1. The zero-order valence-corrected chi connectivity index (χ0v) is 9.37. The molecule has 0 saturated carbocycles. The van der Waals surface area contributed by atoms with E-state index in [0.29, 0.717) is 0 Å². The first-order valence-electron chi connectivity index (χ1n) is 5.18. The summed E-state index contributed by atoms with van der Waals surface area (Å²) in [5, 5.41) is 6.76. The van der Waals surface area contributed by atoms with Crippen molar-refractivity contribution in [3.8, 4) is 5.69 Å². The number of hydrogen-bond acceptors (Lipinski definition) is 3. The number of carbonyl (C=O) groups is 1. The quantitative estimate of drug-likeness (QED) is 0.814. The maximum atomic E-state index is 11.3. The van der Waals surface area contributed by atoms with Gasteiger partial charge in [0.15, 0.2) is 0 Å². The van der Waals surface area contributed by atoms with Gasteiger partial charge in [0.2, 0.25) is 5.91 Å². The zero-order chi connectivity index (χ0) is 12.1. The molecule has 2 aromatic rings. The molecule has 1 N–H and O–H groups in total. The van der Waals surface area contributed by atoms with E-state index in [2.05, 4.69) is 15.4 Å². The molecule has 2 rings (SSSR count). The van der Waals surface area contributed by atoms with Gasteiger partial charge < -0.3 is 5.32 Å². The molecule has 0 aliphatic carbocycles. The lowest BCUT2D eigenvalue weighted by molar-refractivity contribution is -0.111. The van der Waals surface area contributed by atoms with E-state index in [1.54, 1.807) is 24.0 Å². The van der Waals surface area contributed by atoms with Gasteiger partial charge in [-0.1, -0.05) is 6.08 Å². The third-order valence-electron chi connectivity index (χ3n) is 2.14. The highest BCUT2D eigenvalue weighted by Crippen LogP contribution is 2.11. The number of aromatic nitrogens is 3. The number of benzene rings is 1. The van der Waals surface area contributed by atoms with E-state index in [-0.39, 0.29) is 5.91 Å². The van der Waals surface area contributed by atoms with E-state index in [9.17, 15) is 4.79 Å². The summed E-state index contributed by atoms with van der Waals surface area (Å²) in [5.41, 5.74) is 1.64. The van der Waals surface area contributed by atoms with Gasteiger partial charge in [-0.2, -0.15) is 5.10 Å². The summed E-state index contributed by atoms with van der Waals surface area (Å²) in [6, 6.07) is 7.36. The van der Waals surface area contributed by atoms with E-state index < -0.39 is 0 Å². The van der Waals surface area contributed by atoms with Gasteiger partial charge in [-0.15, -0.1) is 0 Å². The molecule has 86 valence electrons. The van der Waals surface area contributed by atoms with Gasteiger partial charge in [0, 0.05) is 5.69 Å². The first-order chi connectivity index (χ1) is 8.29. The van der Waals surface area contributed by atoms with Gasteiger partial charge in [-0.3, -0.25) is 4.79 Å². The highest BCUT2D eigenvalue weighted by molar-refractivity contribution is 5.99. The first-order valence-corrected chi connectivity index (χ1v) is 5.18. The Morgan fingerprint density at radius 2 is 2.12 bits per heavy atom. The topological polar surface area (TPSA) is 59.8 Å². The van der Waals surface area contributed by atoms with Crippen LogP contribution in [-0.4, -0.2) is 20.7 Å². The highest BCUT2D eigenvalue weighted by Gasteiger charge is 1.99. The van der Waals surface area contributed by atoms with Crippen LogP contribution >= 0.6 is 0 Å². The fourth-order valence-corrected chi connectivity index (χ4v) is 1.37. The van der Waals surface area contributed by atoms with Crippen molar-refractivity contribution in [1.29, 1.82) is 0 Å². The Morgan fingerprint density at radius 1 is 1.35 bits per heavy atom. The van der Waals surface area contributed by atoms with E-state index in [4.69, 9.17) is 0 Å². The normalized spacial score (nSPS) is 10.6. The summed E-state index contributed by atoms with van der Waals surface area (Å²) in [5.74, 6) is -0.138. The van der Waals surface area contributed by atoms with Gasteiger partial charge in [0.05, 0.1) is 5.69 Å². The monoisotopic (exact) mass is 228 g/mol.